The van der Waals surface area contributed by atoms with Gasteiger partial charge in [-0.05, 0) is 98.9 Å². The molecule has 0 bridgehead atoms. The SMILES string of the molecule is CC(=O)NC[C@H](C)CCC1=C(C)[C@@H]2[C@@]3(C)CC[C@@H]4[C@H](CC=C5C[C@@H](OC(C)=O)CC[C@@]54C)[C@@H]3C[C@@]2(C)O1. The zero-order chi connectivity index (χ0) is 26.8. The van der Waals surface area contributed by atoms with Gasteiger partial charge < -0.3 is 14.8 Å². The first-order valence-corrected chi connectivity index (χ1v) is 14.9. The molecule has 5 heteroatoms. The van der Waals surface area contributed by atoms with Crippen LogP contribution in [0.5, 0.6) is 0 Å². The molecule has 1 N–H and O–H groups in total. The lowest BCUT2D eigenvalue weighted by molar-refractivity contribution is -0.148. The van der Waals surface area contributed by atoms with Gasteiger partial charge in [-0.15, -0.1) is 0 Å². The van der Waals surface area contributed by atoms with Crippen LogP contribution in [-0.2, 0) is 19.1 Å². The molecule has 9 atom stereocenters. The number of ether oxygens (including phenoxy) is 2. The highest BCUT2D eigenvalue weighted by Crippen LogP contribution is 2.71. The van der Waals surface area contributed by atoms with E-state index in [9.17, 15) is 9.59 Å². The quantitative estimate of drug-likeness (QED) is 0.317. The van der Waals surface area contributed by atoms with Crippen molar-refractivity contribution in [2.45, 2.75) is 118 Å². The maximum atomic E-state index is 11.6. The fourth-order valence-corrected chi connectivity index (χ4v) is 9.93. The minimum Gasteiger partial charge on any atom is -0.491 e. The van der Waals surface area contributed by atoms with Gasteiger partial charge in [-0.3, -0.25) is 9.59 Å². The van der Waals surface area contributed by atoms with Gasteiger partial charge in [0, 0.05) is 39.2 Å². The third-order valence-electron chi connectivity index (χ3n) is 11.5. The van der Waals surface area contributed by atoms with Crippen molar-refractivity contribution in [1.82, 2.24) is 5.32 Å². The molecule has 4 aliphatic carbocycles. The highest BCUT2D eigenvalue weighted by molar-refractivity contribution is 5.72. The van der Waals surface area contributed by atoms with Crippen molar-refractivity contribution in [2.24, 2.45) is 40.4 Å². The topological polar surface area (TPSA) is 64.6 Å². The Morgan fingerprint density at radius 2 is 1.92 bits per heavy atom. The molecular formula is C32H49NO4. The lowest BCUT2D eigenvalue weighted by Gasteiger charge is -2.58. The number of carbonyl (C=O) groups is 2. The van der Waals surface area contributed by atoms with Crippen molar-refractivity contribution in [2.75, 3.05) is 6.54 Å². The van der Waals surface area contributed by atoms with E-state index in [1.165, 1.54) is 37.5 Å². The first-order valence-electron chi connectivity index (χ1n) is 14.9. The van der Waals surface area contributed by atoms with E-state index in [-0.39, 0.29) is 29.0 Å². The van der Waals surface area contributed by atoms with Crippen LogP contribution in [-0.4, -0.2) is 30.1 Å². The molecular weight excluding hydrogens is 462 g/mol. The monoisotopic (exact) mass is 511 g/mol. The van der Waals surface area contributed by atoms with Crippen molar-refractivity contribution in [3.05, 3.63) is 23.0 Å². The fourth-order valence-electron chi connectivity index (χ4n) is 9.93. The Morgan fingerprint density at radius 1 is 1.16 bits per heavy atom. The van der Waals surface area contributed by atoms with Gasteiger partial charge in [-0.1, -0.05) is 32.4 Å². The number of nitrogens with one attached hydrogen (secondary N) is 1. The smallest absolute Gasteiger partial charge is 0.302 e. The van der Waals surface area contributed by atoms with E-state index < -0.39 is 0 Å². The Hall–Kier alpha value is -1.78. The van der Waals surface area contributed by atoms with E-state index >= 15 is 0 Å². The molecule has 1 amide bonds. The molecule has 0 aromatic carbocycles. The van der Waals surface area contributed by atoms with Gasteiger partial charge in [0.1, 0.15) is 11.7 Å². The second-order valence-corrected chi connectivity index (χ2v) is 14.0. The Labute approximate surface area is 224 Å². The molecule has 5 rings (SSSR count). The Bertz CT molecular complexity index is 1010. The number of carbonyl (C=O) groups excluding carboxylic acids is 2. The third kappa shape index (κ3) is 4.46. The van der Waals surface area contributed by atoms with Gasteiger partial charge in [-0.25, -0.2) is 0 Å². The number of rotatable bonds is 6. The van der Waals surface area contributed by atoms with Crippen molar-refractivity contribution in [3.8, 4) is 0 Å². The lowest BCUT2D eigenvalue weighted by atomic mass is 9.47. The van der Waals surface area contributed by atoms with Gasteiger partial charge in [0.2, 0.25) is 5.91 Å². The molecule has 0 unspecified atom stereocenters. The summed E-state index contributed by atoms with van der Waals surface area (Å²) in [5, 5.41) is 2.96. The van der Waals surface area contributed by atoms with Crippen molar-refractivity contribution in [1.29, 1.82) is 0 Å². The zero-order valence-corrected chi connectivity index (χ0v) is 24.2. The van der Waals surface area contributed by atoms with E-state index in [0.29, 0.717) is 23.2 Å². The van der Waals surface area contributed by atoms with Crippen LogP contribution in [0.2, 0.25) is 0 Å². The molecule has 0 aromatic heterocycles. The van der Waals surface area contributed by atoms with Gasteiger partial charge in [0.25, 0.3) is 0 Å². The van der Waals surface area contributed by atoms with Gasteiger partial charge in [0.05, 0.1) is 5.76 Å². The summed E-state index contributed by atoms with van der Waals surface area (Å²) in [6.45, 7) is 15.9. The molecule has 3 fully saturated rings. The predicted octanol–water partition coefficient (Wildman–Crippen LogP) is 6.72. The van der Waals surface area contributed by atoms with E-state index in [0.717, 1.165) is 56.9 Å². The largest absolute Gasteiger partial charge is 0.491 e. The summed E-state index contributed by atoms with van der Waals surface area (Å²) in [5.74, 6) is 4.22. The molecule has 0 saturated heterocycles. The summed E-state index contributed by atoms with van der Waals surface area (Å²) in [5.41, 5.74) is 3.51. The molecule has 1 heterocycles. The summed E-state index contributed by atoms with van der Waals surface area (Å²) in [6, 6.07) is 0. The minimum atomic E-state index is -0.146. The second-order valence-electron chi connectivity index (χ2n) is 14.0. The van der Waals surface area contributed by atoms with Crippen LogP contribution in [0.4, 0.5) is 0 Å². The third-order valence-corrected chi connectivity index (χ3v) is 11.5. The summed E-state index contributed by atoms with van der Waals surface area (Å²) in [4.78, 5) is 22.9. The van der Waals surface area contributed by atoms with Gasteiger partial charge >= 0.3 is 5.97 Å². The average Bonchev–Trinajstić information content (AvgIpc) is 3.22. The van der Waals surface area contributed by atoms with Crippen LogP contribution in [0, 0.1) is 40.4 Å². The Balaban J connectivity index is 1.32. The summed E-state index contributed by atoms with van der Waals surface area (Å²) >= 11 is 0. The molecule has 0 aromatic rings. The minimum absolute atomic E-state index is 0.0481. The van der Waals surface area contributed by atoms with Crippen molar-refractivity contribution in [3.63, 3.8) is 0 Å². The molecule has 37 heavy (non-hydrogen) atoms. The number of hydrogen-bond acceptors (Lipinski definition) is 4. The molecule has 5 aliphatic rings. The van der Waals surface area contributed by atoms with E-state index in [2.05, 4.69) is 46.0 Å². The van der Waals surface area contributed by atoms with Crippen LogP contribution in [0.15, 0.2) is 23.0 Å². The van der Waals surface area contributed by atoms with E-state index in [4.69, 9.17) is 9.47 Å². The number of allylic oxidation sites excluding steroid dienone is 2. The summed E-state index contributed by atoms with van der Waals surface area (Å²) in [7, 11) is 0. The number of amides is 1. The first kappa shape index (κ1) is 26.8. The average molecular weight is 512 g/mol. The predicted molar refractivity (Wildman–Crippen MR) is 145 cm³/mol. The standard InChI is InChI=1S/C32H49NO4/c1-19(18-33-21(3)34)8-11-28-20(2)29-31(6)15-13-26-25(27(31)17-32(29,7)37-28)10-9-23-16-24(36-22(4)35)12-14-30(23,26)5/h9,19,24-27,29H,8,10-18H2,1-7H3,(H,33,34)/t19-,24+,25+,26-,27+,29-,30+,31+,32-/m1/s1. The van der Waals surface area contributed by atoms with Crippen molar-refractivity contribution >= 4 is 11.9 Å². The van der Waals surface area contributed by atoms with Crippen LogP contribution < -0.4 is 5.32 Å². The molecule has 3 saturated carbocycles. The van der Waals surface area contributed by atoms with Gasteiger partial charge in [0.15, 0.2) is 0 Å². The number of fused-ring (bicyclic) bond motifs is 7. The second kappa shape index (κ2) is 9.45. The molecule has 206 valence electrons. The molecule has 5 nitrogen and oxygen atoms in total. The highest BCUT2D eigenvalue weighted by atomic mass is 16.5. The molecule has 1 aliphatic heterocycles. The number of esters is 1. The van der Waals surface area contributed by atoms with Crippen LogP contribution in [0.25, 0.3) is 0 Å². The number of hydrogen-bond donors (Lipinski definition) is 1. The maximum Gasteiger partial charge on any atom is 0.302 e. The fraction of sp³-hybridized carbons (Fsp3) is 0.812. The Morgan fingerprint density at radius 3 is 2.62 bits per heavy atom. The van der Waals surface area contributed by atoms with Crippen LogP contribution in [0.3, 0.4) is 0 Å². The normalized spacial score (nSPS) is 43.0. The Kier molecular flexibility index (Phi) is 6.85. The van der Waals surface area contributed by atoms with Crippen molar-refractivity contribution < 1.29 is 19.1 Å². The van der Waals surface area contributed by atoms with Crippen LogP contribution >= 0.6 is 0 Å². The zero-order valence-electron chi connectivity index (χ0n) is 24.2. The van der Waals surface area contributed by atoms with E-state index in [1.54, 1.807) is 12.5 Å². The summed E-state index contributed by atoms with van der Waals surface area (Å²) < 4.78 is 12.5. The van der Waals surface area contributed by atoms with E-state index in [1.807, 2.05) is 0 Å². The maximum absolute atomic E-state index is 11.6. The molecule has 0 radical (unpaired) electrons. The highest BCUT2D eigenvalue weighted by Gasteiger charge is 2.67. The summed E-state index contributed by atoms with van der Waals surface area (Å²) in [6.07, 6.45) is 12.6. The molecule has 0 spiro atoms. The lowest BCUT2D eigenvalue weighted by Crippen LogP contribution is -2.50. The van der Waals surface area contributed by atoms with Gasteiger partial charge in [-0.2, -0.15) is 0 Å². The van der Waals surface area contributed by atoms with Crippen LogP contribution in [0.1, 0.15) is 106 Å². The first-order chi connectivity index (χ1) is 17.4.